The van der Waals surface area contributed by atoms with Crippen molar-refractivity contribution < 1.29 is 4.39 Å². The molecule has 1 saturated heterocycles. The number of hydrogen-bond donors (Lipinski definition) is 1. The topological polar surface area (TPSA) is 60.9 Å². The molecule has 0 atom stereocenters. The monoisotopic (exact) mass is 404 g/mol. The van der Waals surface area contributed by atoms with Crippen LogP contribution < -0.4 is 4.90 Å². The van der Waals surface area contributed by atoms with E-state index < -0.39 is 0 Å². The Bertz CT molecular complexity index is 903. The number of halogens is 2. The lowest BCUT2D eigenvalue weighted by Crippen LogP contribution is -2.46. The fraction of sp³-hybridized carbons (Fsp3) is 0.353. The molecule has 0 bridgehead atoms. The summed E-state index contributed by atoms with van der Waals surface area (Å²) in [6.45, 7) is 6.25. The average Bonchev–Trinajstić information content (AvgIpc) is 3.01. The molecule has 0 aliphatic carbocycles. The molecule has 0 spiro atoms. The van der Waals surface area contributed by atoms with Gasteiger partial charge < -0.3 is 4.90 Å². The van der Waals surface area contributed by atoms with E-state index in [-0.39, 0.29) is 5.82 Å². The second kappa shape index (κ2) is 6.68. The molecule has 8 heteroatoms. The number of piperazine rings is 1. The van der Waals surface area contributed by atoms with E-state index in [2.05, 4.69) is 45.9 Å². The molecule has 6 nitrogen and oxygen atoms in total. The summed E-state index contributed by atoms with van der Waals surface area (Å²) in [5.41, 5.74) is 0.678. The maximum atomic E-state index is 13.8. The molecule has 25 heavy (non-hydrogen) atoms. The summed E-state index contributed by atoms with van der Waals surface area (Å²) in [4.78, 5) is 13.6. The highest BCUT2D eigenvalue weighted by molar-refractivity contribution is 9.10. The van der Waals surface area contributed by atoms with Crippen molar-refractivity contribution in [3.8, 4) is 0 Å². The first kappa shape index (κ1) is 16.4. The van der Waals surface area contributed by atoms with Gasteiger partial charge in [-0.15, -0.1) is 0 Å². The Balaban J connectivity index is 1.45. The predicted octanol–water partition coefficient (Wildman–Crippen LogP) is 2.89. The highest BCUT2D eigenvalue weighted by Gasteiger charge is 2.19. The molecule has 2 aromatic heterocycles. The maximum absolute atomic E-state index is 13.8. The molecule has 1 fully saturated rings. The van der Waals surface area contributed by atoms with Gasteiger partial charge in [0.25, 0.3) is 0 Å². The van der Waals surface area contributed by atoms with Crippen LogP contribution in [0.5, 0.6) is 0 Å². The van der Waals surface area contributed by atoms with Crippen LogP contribution in [-0.2, 0) is 6.54 Å². The smallest absolute Gasteiger partial charge is 0.164 e. The van der Waals surface area contributed by atoms with Crippen LogP contribution in [0.15, 0.2) is 28.7 Å². The first-order valence-corrected chi connectivity index (χ1v) is 8.99. The third kappa shape index (κ3) is 3.50. The van der Waals surface area contributed by atoms with Crippen LogP contribution in [0.1, 0.15) is 11.6 Å². The van der Waals surface area contributed by atoms with E-state index in [9.17, 15) is 4.39 Å². The van der Waals surface area contributed by atoms with Gasteiger partial charge in [-0.1, -0.05) is 0 Å². The van der Waals surface area contributed by atoms with E-state index in [1.165, 1.54) is 6.07 Å². The molecule has 1 aliphatic rings. The molecule has 3 aromatic rings. The van der Waals surface area contributed by atoms with Crippen molar-refractivity contribution in [1.29, 1.82) is 0 Å². The Morgan fingerprint density at radius 3 is 2.68 bits per heavy atom. The number of fused-ring (bicyclic) bond motifs is 1. The molecule has 130 valence electrons. The molecule has 0 radical (unpaired) electrons. The Kier molecular flexibility index (Phi) is 4.39. The van der Waals surface area contributed by atoms with Crippen molar-refractivity contribution in [3.63, 3.8) is 0 Å². The zero-order valence-electron chi connectivity index (χ0n) is 13.8. The van der Waals surface area contributed by atoms with Gasteiger partial charge in [0.15, 0.2) is 5.82 Å². The van der Waals surface area contributed by atoms with Crippen LogP contribution in [0.25, 0.3) is 10.9 Å². The third-order valence-electron chi connectivity index (χ3n) is 4.42. The van der Waals surface area contributed by atoms with Crippen molar-refractivity contribution in [3.05, 3.63) is 46.2 Å². The van der Waals surface area contributed by atoms with Gasteiger partial charge in [0, 0.05) is 37.6 Å². The molecule has 0 saturated carbocycles. The summed E-state index contributed by atoms with van der Waals surface area (Å²) in [6, 6.07) is 7.23. The molecule has 1 aliphatic heterocycles. The van der Waals surface area contributed by atoms with Crippen LogP contribution in [0, 0.1) is 12.7 Å². The Morgan fingerprint density at radius 1 is 1.16 bits per heavy atom. The number of hydrogen-bond acceptors (Lipinski definition) is 5. The molecule has 0 unspecified atom stereocenters. The van der Waals surface area contributed by atoms with Gasteiger partial charge in [-0.2, -0.15) is 5.10 Å². The number of nitrogens with zero attached hydrogens (tertiary/aromatic N) is 5. The predicted molar refractivity (Wildman–Crippen MR) is 98.0 cm³/mol. The Labute approximate surface area is 153 Å². The largest absolute Gasteiger partial charge is 0.354 e. The highest BCUT2D eigenvalue weighted by Crippen LogP contribution is 2.25. The van der Waals surface area contributed by atoms with Crippen LogP contribution in [0.4, 0.5) is 10.2 Å². The standard InChI is InChI=1S/C17H18BrFN6/c1-11-20-16(23-22-11)10-24-4-6-25(7-5-24)17-3-2-12-8-13(18)14(19)9-15(12)21-17/h2-3,8-9H,4-7,10H2,1H3,(H,20,22,23). The first-order chi connectivity index (χ1) is 12.1. The van der Waals surface area contributed by atoms with Crippen molar-refractivity contribution in [2.45, 2.75) is 13.5 Å². The summed E-state index contributed by atoms with van der Waals surface area (Å²) in [5, 5.41) is 8.00. The number of benzene rings is 1. The second-order valence-electron chi connectivity index (χ2n) is 6.23. The van der Waals surface area contributed by atoms with Gasteiger partial charge in [-0.25, -0.2) is 14.4 Å². The Morgan fingerprint density at radius 2 is 1.96 bits per heavy atom. The number of H-pyrrole nitrogens is 1. The molecular formula is C17H18BrFN6. The summed E-state index contributed by atoms with van der Waals surface area (Å²) in [5.74, 6) is 2.27. The third-order valence-corrected chi connectivity index (χ3v) is 5.03. The lowest BCUT2D eigenvalue weighted by atomic mass is 10.2. The van der Waals surface area contributed by atoms with Crippen molar-refractivity contribution in [2.75, 3.05) is 31.1 Å². The Hall–Kier alpha value is -2.06. The summed E-state index contributed by atoms with van der Waals surface area (Å²) < 4.78 is 14.2. The lowest BCUT2D eigenvalue weighted by Gasteiger charge is -2.34. The zero-order valence-corrected chi connectivity index (χ0v) is 15.4. The molecular weight excluding hydrogens is 387 g/mol. The zero-order chi connectivity index (χ0) is 17.4. The van der Waals surface area contributed by atoms with E-state index in [1.807, 2.05) is 19.1 Å². The van der Waals surface area contributed by atoms with Crippen LogP contribution in [-0.4, -0.2) is 51.2 Å². The fourth-order valence-electron chi connectivity index (χ4n) is 3.08. The minimum atomic E-state index is -0.288. The van der Waals surface area contributed by atoms with Crippen LogP contribution >= 0.6 is 15.9 Å². The van der Waals surface area contributed by atoms with Crippen molar-refractivity contribution in [2.24, 2.45) is 0 Å². The number of aryl methyl sites for hydroxylation is 1. The second-order valence-corrected chi connectivity index (χ2v) is 7.08. The van der Waals surface area contributed by atoms with Gasteiger partial charge in [0.1, 0.15) is 17.5 Å². The normalized spacial score (nSPS) is 15.9. The number of rotatable bonds is 3. The van der Waals surface area contributed by atoms with Gasteiger partial charge in [-0.05, 0) is 41.1 Å². The highest BCUT2D eigenvalue weighted by atomic mass is 79.9. The minimum absolute atomic E-state index is 0.288. The van der Waals surface area contributed by atoms with E-state index in [1.54, 1.807) is 6.07 Å². The van der Waals surface area contributed by atoms with Crippen molar-refractivity contribution in [1.82, 2.24) is 25.1 Å². The van der Waals surface area contributed by atoms with Gasteiger partial charge >= 0.3 is 0 Å². The molecule has 4 rings (SSSR count). The summed E-state index contributed by atoms with van der Waals surface area (Å²) in [6.07, 6.45) is 0. The van der Waals surface area contributed by atoms with Gasteiger partial charge in [-0.3, -0.25) is 10.00 Å². The average molecular weight is 405 g/mol. The molecule has 0 amide bonds. The maximum Gasteiger partial charge on any atom is 0.164 e. The quantitative estimate of drug-likeness (QED) is 0.726. The molecule has 1 N–H and O–H groups in total. The fourth-order valence-corrected chi connectivity index (χ4v) is 3.44. The van der Waals surface area contributed by atoms with Crippen LogP contribution in [0.3, 0.4) is 0 Å². The number of nitrogens with one attached hydrogen (secondary N) is 1. The minimum Gasteiger partial charge on any atom is -0.354 e. The molecule has 1 aromatic carbocycles. The summed E-state index contributed by atoms with van der Waals surface area (Å²) in [7, 11) is 0. The van der Waals surface area contributed by atoms with E-state index >= 15 is 0 Å². The van der Waals surface area contributed by atoms with Gasteiger partial charge in [0.05, 0.1) is 16.5 Å². The number of pyridine rings is 1. The lowest BCUT2D eigenvalue weighted by molar-refractivity contribution is 0.244. The van der Waals surface area contributed by atoms with E-state index in [0.29, 0.717) is 9.99 Å². The number of aromatic nitrogens is 4. The van der Waals surface area contributed by atoms with Crippen molar-refractivity contribution >= 4 is 32.7 Å². The number of aromatic amines is 1. The van der Waals surface area contributed by atoms with E-state index in [0.717, 1.165) is 55.6 Å². The first-order valence-electron chi connectivity index (χ1n) is 8.19. The van der Waals surface area contributed by atoms with E-state index in [4.69, 9.17) is 0 Å². The SMILES string of the molecule is Cc1nc(CN2CCN(c3ccc4cc(Br)c(F)cc4n3)CC2)n[nH]1. The molecule has 3 heterocycles. The number of anilines is 1. The summed E-state index contributed by atoms with van der Waals surface area (Å²) >= 11 is 3.22. The van der Waals surface area contributed by atoms with Crippen LogP contribution in [0.2, 0.25) is 0 Å². The van der Waals surface area contributed by atoms with Gasteiger partial charge in [0.2, 0.25) is 0 Å².